The number of nitrogens with zero attached hydrogens (tertiary/aromatic N) is 1. The molecule has 1 rings (SSSR count). The molecular weight excluding hydrogens is 206 g/mol. The standard InChI is InChI=1S/C12H17NO3/c1-13(2,3)8-9-16-11-6-4-10(5-7-11)12(14)15/h4-7H,8-9H2,1-3H3/p+1. The molecule has 4 nitrogen and oxygen atoms in total. The molecule has 0 aliphatic heterocycles. The van der Waals surface area contributed by atoms with Gasteiger partial charge in [-0.3, -0.25) is 0 Å². The van der Waals surface area contributed by atoms with Crippen molar-refractivity contribution in [2.75, 3.05) is 34.3 Å². The average Bonchev–Trinajstić information content (AvgIpc) is 2.16. The van der Waals surface area contributed by atoms with Crippen molar-refractivity contribution in [1.82, 2.24) is 0 Å². The van der Waals surface area contributed by atoms with Gasteiger partial charge in [-0.15, -0.1) is 0 Å². The molecule has 0 radical (unpaired) electrons. The molecule has 0 amide bonds. The van der Waals surface area contributed by atoms with Crippen molar-refractivity contribution >= 4 is 5.97 Å². The van der Waals surface area contributed by atoms with Crippen LogP contribution in [-0.4, -0.2) is 49.9 Å². The topological polar surface area (TPSA) is 46.5 Å². The predicted octanol–water partition coefficient (Wildman–Crippen LogP) is 1.47. The summed E-state index contributed by atoms with van der Waals surface area (Å²) in [6.45, 7) is 1.52. The van der Waals surface area contributed by atoms with Crippen molar-refractivity contribution in [3.63, 3.8) is 0 Å². The summed E-state index contributed by atoms with van der Waals surface area (Å²) in [7, 11) is 6.28. The molecule has 0 bridgehead atoms. The lowest BCUT2D eigenvalue weighted by Gasteiger charge is -2.23. The van der Waals surface area contributed by atoms with Crippen LogP contribution in [0.4, 0.5) is 0 Å². The van der Waals surface area contributed by atoms with Gasteiger partial charge >= 0.3 is 5.97 Å². The van der Waals surface area contributed by atoms with Gasteiger partial charge in [0.05, 0.1) is 26.7 Å². The van der Waals surface area contributed by atoms with E-state index in [1.165, 1.54) is 0 Å². The highest BCUT2D eigenvalue weighted by Crippen LogP contribution is 2.12. The molecule has 1 aromatic rings. The molecule has 0 atom stereocenters. The van der Waals surface area contributed by atoms with E-state index in [9.17, 15) is 4.79 Å². The minimum Gasteiger partial charge on any atom is -0.488 e. The SMILES string of the molecule is C[N+](C)(C)CCOc1ccc(C(=O)O)cc1. The lowest BCUT2D eigenvalue weighted by Crippen LogP contribution is -2.38. The number of carbonyl (C=O) groups is 1. The Morgan fingerprint density at radius 1 is 1.25 bits per heavy atom. The zero-order chi connectivity index (χ0) is 12.2. The molecule has 0 spiro atoms. The van der Waals surface area contributed by atoms with Gasteiger partial charge in [-0.05, 0) is 24.3 Å². The highest BCUT2D eigenvalue weighted by molar-refractivity contribution is 5.87. The van der Waals surface area contributed by atoms with E-state index in [0.717, 1.165) is 11.0 Å². The molecule has 0 heterocycles. The number of hydrogen-bond acceptors (Lipinski definition) is 2. The molecule has 0 saturated heterocycles. The second-order valence-electron chi connectivity index (χ2n) is 4.69. The number of hydrogen-bond donors (Lipinski definition) is 1. The van der Waals surface area contributed by atoms with Crippen LogP contribution in [0, 0.1) is 0 Å². The Hall–Kier alpha value is -1.55. The second kappa shape index (κ2) is 4.99. The van der Waals surface area contributed by atoms with Gasteiger partial charge < -0.3 is 14.3 Å². The summed E-state index contributed by atoms with van der Waals surface area (Å²) in [5.41, 5.74) is 0.277. The lowest BCUT2D eigenvalue weighted by molar-refractivity contribution is -0.870. The Balaban J connectivity index is 2.47. The third kappa shape index (κ3) is 4.31. The van der Waals surface area contributed by atoms with Crippen LogP contribution in [0.1, 0.15) is 10.4 Å². The van der Waals surface area contributed by atoms with Gasteiger partial charge in [-0.2, -0.15) is 0 Å². The Morgan fingerprint density at radius 2 is 1.81 bits per heavy atom. The quantitative estimate of drug-likeness (QED) is 0.770. The van der Waals surface area contributed by atoms with E-state index in [0.29, 0.717) is 12.4 Å². The first-order chi connectivity index (χ1) is 7.38. The fourth-order valence-corrected chi connectivity index (χ4v) is 1.13. The van der Waals surface area contributed by atoms with Crippen LogP contribution in [0.3, 0.4) is 0 Å². The van der Waals surface area contributed by atoms with E-state index < -0.39 is 5.97 Å². The lowest BCUT2D eigenvalue weighted by atomic mass is 10.2. The Bertz CT molecular complexity index is 352. The molecule has 1 aromatic carbocycles. The molecule has 0 aromatic heterocycles. The maximum atomic E-state index is 10.6. The number of ether oxygens (including phenoxy) is 1. The molecule has 1 N–H and O–H groups in total. The number of rotatable bonds is 5. The third-order valence-electron chi connectivity index (χ3n) is 2.13. The van der Waals surface area contributed by atoms with Gasteiger partial charge in [0, 0.05) is 0 Å². The number of quaternary nitrogens is 1. The van der Waals surface area contributed by atoms with Gasteiger partial charge in [-0.1, -0.05) is 0 Å². The van der Waals surface area contributed by atoms with Crippen LogP contribution >= 0.6 is 0 Å². The maximum absolute atomic E-state index is 10.6. The molecule has 16 heavy (non-hydrogen) atoms. The molecule has 4 heteroatoms. The number of carboxylic acid groups (broad SMARTS) is 1. The zero-order valence-corrected chi connectivity index (χ0v) is 9.93. The third-order valence-corrected chi connectivity index (χ3v) is 2.13. The summed E-state index contributed by atoms with van der Waals surface area (Å²) >= 11 is 0. The van der Waals surface area contributed by atoms with Crippen molar-refractivity contribution in [2.24, 2.45) is 0 Å². The molecule has 0 aliphatic rings. The van der Waals surface area contributed by atoms with Crippen molar-refractivity contribution in [2.45, 2.75) is 0 Å². The minimum absolute atomic E-state index is 0.277. The molecule has 88 valence electrons. The van der Waals surface area contributed by atoms with Crippen molar-refractivity contribution < 1.29 is 19.1 Å². The van der Waals surface area contributed by atoms with Crippen LogP contribution < -0.4 is 4.74 Å². The summed E-state index contributed by atoms with van der Waals surface area (Å²) in [4.78, 5) is 10.6. The van der Waals surface area contributed by atoms with Crippen LogP contribution in [0.25, 0.3) is 0 Å². The largest absolute Gasteiger partial charge is 0.488 e. The van der Waals surface area contributed by atoms with Crippen molar-refractivity contribution in [3.05, 3.63) is 29.8 Å². The van der Waals surface area contributed by atoms with Gasteiger partial charge in [0.15, 0.2) is 0 Å². The first kappa shape index (κ1) is 12.5. The van der Waals surface area contributed by atoms with Crippen LogP contribution in [0.15, 0.2) is 24.3 Å². The minimum atomic E-state index is -0.919. The fraction of sp³-hybridized carbons (Fsp3) is 0.417. The Kier molecular flexibility index (Phi) is 3.90. The normalized spacial score (nSPS) is 11.2. The maximum Gasteiger partial charge on any atom is 0.335 e. The summed E-state index contributed by atoms with van der Waals surface area (Å²) in [6.07, 6.45) is 0. The van der Waals surface area contributed by atoms with Gasteiger partial charge in [0.2, 0.25) is 0 Å². The van der Waals surface area contributed by atoms with Crippen LogP contribution in [0.2, 0.25) is 0 Å². The summed E-state index contributed by atoms with van der Waals surface area (Å²) in [5, 5.41) is 8.72. The monoisotopic (exact) mass is 224 g/mol. The molecule has 0 fully saturated rings. The Morgan fingerprint density at radius 3 is 2.25 bits per heavy atom. The van der Waals surface area contributed by atoms with Gasteiger partial charge in [0.25, 0.3) is 0 Å². The van der Waals surface area contributed by atoms with Crippen LogP contribution in [0.5, 0.6) is 5.75 Å². The van der Waals surface area contributed by atoms with Crippen LogP contribution in [-0.2, 0) is 0 Å². The first-order valence-electron chi connectivity index (χ1n) is 5.15. The number of carboxylic acids is 1. The summed E-state index contributed by atoms with van der Waals surface area (Å²) < 4.78 is 6.35. The van der Waals surface area contributed by atoms with E-state index in [1.54, 1.807) is 24.3 Å². The molecular formula is C12H18NO3+. The number of aromatic carboxylic acids is 1. The van der Waals surface area contributed by atoms with Crippen molar-refractivity contribution in [3.8, 4) is 5.75 Å². The van der Waals surface area contributed by atoms with E-state index in [1.807, 2.05) is 0 Å². The molecule has 0 unspecified atom stereocenters. The fourth-order valence-electron chi connectivity index (χ4n) is 1.13. The van der Waals surface area contributed by atoms with E-state index in [-0.39, 0.29) is 5.56 Å². The first-order valence-corrected chi connectivity index (χ1v) is 5.15. The van der Waals surface area contributed by atoms with E-state index in [4.69, 9.17) is 9.84 Å². The second-order valence-corrected chi connectivity index (χ2v) is 4.69. The molecule has 0 aliphatic carbocycles. The van der Waals surface area contributed by atoms with E-state index in [2.05, 4.69) is 21.1 Å². The highest BCUT2D eigenvalue weighted by atomic mass is 16.5. The molecule has 0 saturated carbocycles. The summed E-state index contributed by atoms with van der Waals surface area (Å²) in [6, 6.07) is 6.45. The predicted molar refractivity (Wildman–Crippen MR) is 61.8 cm³/mol. The zero-order valence-electron chi connectivity index (χ0n) is 9.93. The van der Waals surface area contributed by atoms with Gasteiger partial charge in [-0.25, -0.2) is 4.79 Å². The van der Waals surface area contributed by atoms with E-state index >= 15 is 0 Å². The number of benzene rings is 1. The number of likely N-dealkylation sites (N-methyl/N-ethyl adjacent to an activating group) is 1. The van der Waals surface area contributed by atoms with Gasteiger partial charge in [0.1, 0.15) is 18.9 Å². The highest BCUT2D eigenvalue weighted by Gasteiger charge is 2.07. The average molecular weight is 224 g/mol. The summed E-state index contributed by atoms with van der Waals surface area (Å²) in [5.74, 6) is -0.212. The smallest absolute Gasteiger partial charge is 0.335 e. The van der Waals surface area contributed by atoms with Crippen molar-refractivity contribution in [1.29, 1.82) is 0 Å². The Labute approximate surface area is 95.7 Å².